The second kappa shape index (κ2) is 5.79. The fourth-order valence-electron chi connectivity index (χ4n) is 1.53. The van der Waals surface area contributed by atoms with Gasteiger partial charge in [0.2, 0.25) is 5.88 Å². The zero-order valence-corrected chi connectivity index (χ0v) is 10.6. The van der Waals surface area contributed by atoms with Gasteiger partial charge in [0.25, 0.3) is 0 Å². The van der Waals surface area contributed by atoms with Crippen LogP contribution in [0.25, 0.3) is 11.1 Å². The SMILES string of the molecule is COc1nnc(Cl)cc1-c1ccc(OC(F)F)cc1. The van der Waals surface area contributed by atoms with E-state index in [1.165, 1.54) is 19.2 Å². The molecule has 0 atom stereocenters. The van der Waals surface area contributed by atoms with E-state index in [0.29, 0.717) is 17.0 Å². The number of hydrogen-bond donors (Lipinski definition) is 0. The minimum Gasteiger partial charge on any atom is -0.479 e. The Balaban J connectivity index is 2.34. The number of halogens is 3. The van der Waals surface area contributed by atoms with E-state index in [2.05, 4.69) is 14.9 Å². The Morgan fingerprint density at radius 3 is 2.42 bits per heavy atom. The van der Waals surface area contributed by atoms with Crippen LogP contribution < -0.4 is 9.47 Å². The van der Waals surface area contributed by atoms with E-state index >= 15 is 0 Å². The lowest BCUT2D eigenvalue weighted by atomic mass is 10.1. The lowest BCUT2D eigenvalue weighted by Crippen LogP contribution is -2.01. The maximum atomic E-state index is 12.0. The molecule has 1 heterocycles. The van der Waals surface area contributed by atoms with Gasteiger partial charge in [-0.05, 0) is 23.8 Å². The molecular formula is C12H9ClF2N2O2. The van der Waals surface area contributed by atoms with Crippen LogP contribution in [0.15, 0.2) is 30.3 Å². The maximum absolute atomic E-state index is 12.0. The highest BCUT2D eigenvalue weighted by Crippen LogP contribution is 2.30. The molecule has 4 nitrogen and oxygen atoms in total. The summed E-state index contributed by atoms with van der Waals surface area (Å²) in [5.41, 5.74) is 1.32. The summed E-state index contributed by atoms with van der Waals surface area (Å²) in [5, 5.41) is 7.66. The number of alkyl halides is 2. The van der Waals surface area contributed by atoms with Crippen LogP contribution in [0.2, 0.25) is 5.15 Å². The Bertz CT molecular complexity index is 564. The Labute approximate surface area is 112 Å². The first-order chi connectivity index (χ1) is 9.10. The number of benzene rings is 1. The fourth-order valence-corrected chi connectivity index (χ4v) is 1.68. The maximum Gasteiger partial charge on any atom is 0.387 e. The summed E-state index contributed by atoms with van der Waals surface area (Å²) in [6, 6.07) is 7.64. The first-order valence-electron chi connectivity index (χ1n) is 5.22. The molecule has 19 heavy (non-hydrogen) atoms. The minimum absolute atomic E-state index is 0.0748. The van der Waals surface area contributed by atoms with Crippen LogP contribution in [-0.4, -0.2) is 23.9 Å². The first-order valence-corrected chi connectivity index (χ1v) is 5.60. The molecule has 1 aromatic carbocycles. The van der Waals surface area contributed by atoms with Gasteiger partial charge in [0.1, 0.15) is 5.75 Å². The molecule has 0 radical (unpaired) electrons. The van der Waals surface area contributed by atoms with Crippen molar-refractivity contribution in [2.45, 2.75) is 6.61 Å². The highest BCUT2D eigenvalue weighted by molar-refractivity contribution is 6.29. The van der Waals surface area contributed by atoms with Gasteiger partial charge in [-0.25, -0.2) is 0 Å². The summed E-state index contributed by atoms with van der Waals surface area (Å²) in [7, 11) is 1.45. The van der Waals surface area contributed by atoms with Crippen LogP contribution in [0, 0.1) is 0 Å². The van der Waals surface area contributed by atoms with E-state index in [4.69, 9.17) is 16.3 Å². The van der Waals surface area contributed by atoms with Gasteiger partial charge in [0.05, 0.1) is 7.11 Å². The van der Waals surface area contributed by atoms with Crippen molar-refractivity contribution in [1.29, 1.82) is 0 Å². The highest BCUT2D eigenvalue weighted by Gasteiger charge is 2.10. The predicted molar refractivity (Wildman–Crippen MR) is 65.7 cm³/mol. The van der Waals surface area contributed by atoms with Gasteiger partial charge in [0.15, 0.2) is 5.15 Å². The van der Waals surface area contributed by atoms with E-state index in [1.807, 2.05) is 0 Å². The summed E-state index contributed by atoms with van der Waals surface area (Å²) in [5.74, 6) is 0.373. The molecule has 0 unspecified atom stereocenters. The first kappa shape index (κ1) is 13.5. The van der Waals surface area contributed by atoms with E-state index in [0.717, 1.165) is 0 Å². The van der Waals surface area contributed by atoms with Crippen LogP contribution in [0.4, 0.5) is 8.78 Å². The lowest BCUT2D eigenvalue weighted by molar-refractivity contribution is -0.0498. The summed E-state index contributed by atoms with van der Waals surface area (Å²) < 4.78 is 33.4. The van der Waals surface area contributed by atoms with E-state index in [-0.39, 0.29) is 10.9 Å². The Kier molecular flexibility index (Phi) is 4.11. The molecule has 0 aliphatic carbocycles. The molecule has 100 valence electrons. The Morgan fingerprint density at radius 1 is 1.16 bits per heavy atom. The molecule has 0 aliphatic heterocycles. The van der Waals surface area contributed by atoms with E-state index < -0.39 is 6.61 Å². The van der Waals surface area contributed by atoms with Crippen LogP contribution in [0.5, 0.6) is 11.6 Å². The standard InChI is InChI=1S/C12H9ClF2N2O2/c1-18-11-9(6-10(13)16-17-11)7-2-4-8(5-3-7)19-12(14)15/h2-6,12H,1H3. The number of methoxy groups -OCH3 is 1. The monoisotopic (exact) mass is 286 g/mol. The van der Waals surface area contributed by atoms with Crippen LogP contribution >= 0.6 is 11.6 Å². The van der Waals surface area contributed by atoms with Gasteiger partial charge in [-0.3, -0.25) is 0 Å². The summed E-state index contributed by atoms with van der Waals surface area (Å²) >= 11 is 5.77. The van der Waals surface area contributed by atoms with E-state index in [9.17, 15) is 8.78 Å². The number of rotatable bonds is 4. The van der Waals surface area contributed by atoms with Crippen molar-refractivity contribution in [2.75, 3.05) is 7.11 Å². The molecule has 0 saturated heterocycles. The minimum atomic E-state index is -2.85. The number of hydrogen-bond acceptors (Lipinski definition) is 4. The molecule has 0 aliphatic rings. The normalized spacial score (nSPS) is 10.6. The molecule has 0 fully saturated rings. The van der Waals surface area contributed by atoms with Gasteiger partial charge in [0, 0.05) is 5.56 Å². The van der Waals surface area contributed by atoms with Crippen molar-refractivity contribution in [2.24, 2.45) is 0 Å². The highest BCUT2D eigenvalue weighted by atomic mass is 35.5. The number of ether oxygens (including phenoxy) is 2. The fraction of sp³-hybridized carbons (Fsp3) is 0.167. The molecule has 0 amide bonds. The Morgan fingerprint density at radius 2 is 1.84 bits per heavy atom. The molecule has 0 saturated carbocycles. The Hall–Kier alpha value is -1.95. The van der Waals surface area contributed by atoms with Gasteiger partial charge in [-0.2, -0.15) is 8.78 Å². The molecule has 0 spiro atoms. The van der Waals surface area contributed by atoms with Crippen molar-refractivity contribution in [1.82, 2.24) is 10.2 Å². The summed E-state index contributed by atoms with van der Waals surface area (Å²) in [6.45, 7) is -2.85. The number of nitrogens with zero attached hydrogens (tertiary/aromatic N) is 2. The smallest absolute Gasteiger partial charge is 0.387 e. The zero-order valence-electron chi connectivity index (χ0n) is 9.81. The van der Waals surface area contributed by atoms with Gasteiger partial charge >= 0.3 is 6.61 Å². The summed E-state index contributed by atoms with van der Waals surface area (Å²) in [6.07, 6.45) is 0. The third-order valence-electron chi connectivity index (χ3n) is 2.31. The zero-order chi connectivity index (χ0) is 13.8. The molecule has 2 aromatic rings. The van der Waals surface area contributed by atoms with E-state index in [1.54, 1.807) is 18.2 Å². The van der Waals surface area contributed by atoms with Crippen molar-refractivity contribution in [3.05, 3.63) is 35.5 Å². The second-order valence-electron chi connectivity index (χ2n) is 3.49. The molecule has 0 N–H and O–H groups in total. The third-order valence-corrected chi connectivity index (χ3v) is 2.50. The number of aromatic nitrogens is 2. The largest absolute Gasteiger partial charge is 0.479 e. The van der Waals surface area contributed by atoms with Crippen LogP contribution in [0.1, 0.15) is 0 Å². The quantitative estimate of drug-likeness (QED) is 0.864. The van der Waals surface area contributed by atoms with Gasteiger partial charge in [-0.15, -0.1) is 10.2 Å². The van der Waals surface area contributed by atoms with Crippen LogP contribution in [-0.2, 0) is 0 Å². The van der Waals surface area contributed by atoms with Gasteiger partial charge < -0.3 is 9.47 Å². The molecule has 1 aromatic heterocycles. The molecule has 7 heteroatoms. The summed E-state index contributed by atoms with van der Waals surface area (Å²) in [4.78, 5) is 0. The van der Waals surface area contributed by atoms with Crippen LogP contribution in [0.3, 0.4) is 0 Å². The lowest BCUT2D eigenvalue weighted by Gasteiger charge is -2.08. The molecule has 0 bridgehead atoms. The topological polar surface area (TPSA) is 44.2 Å². The van der Waals surface area contributed by atoms with Crippen molar-refractivity contribution in [3.63, 3.8) is 0 Å². The molecule has 2 rings (SSSR count). The average Bonchev–Trinajstić information content (AvgIpc) is 2.39. The van der Waals surface area contributed by atoms with Crippen molar-refractivity contribution < 1.29 is 18.3 Å². The molecular weight excluding hydrogens is 278 g/mol. The van der Waals surface area contributed by atoms with Gasteiger partial charge in [-0.1, -0.05) is 23.7 Å². The third kappa shape index (κ3) is 3.29. The average molecular weight is 287 g/mol. The van der Waals surface area contributed by atoms with Crippen molar-refractivity contribution >= 4 is 11.6 Å². The predicted octanol–water partition coefficient (Wildman–Crippen LogP) is 3.41. The second-order valence-corrected chi connectivity index (χ2v) is 3.88. The van der Waals surface area contributed by atoms with Crippen molar-refractivity contribution in [3.8, 4) is 22.8 Å².